The number of fused-ring (bicyclic) bond motifs is 1. The first-order valence-electron chi connectivity index (χ1n) is 6.55. The second-order valence-electron chi connectivity index (χ2n) is 4.61. The molecule has 2 rings (SSSR count). The molecule has 0 radical (unpaired) electrons. The minimum absolute atomic E-state index is 0.616. The summed E-state index contributed by atoms with van der Waals surface area (Å²) in [5.41, 5.74) is 11.1. The molecule has 0 amide bonds. The quantitative estimate of drug-likeness (QED) is 0.836. The zero-order valence-corrected chi connectivity index (χ0v) is 12.3. The summed E-state index contributed by atoms with van der Waals surface area (Å²) in [5.74, 6) is 2.37. The maximum atomic E-state index is 5.72. The zero-order valence-electron chi connectivity index (χ0n) is 11.5. The summed E-state index contributed by atoms with van der Waals surface area (Å²) >= 11 is 2.00. The Labute approximate surface area is 114 Å². The number of hydrogen-bond acceptors (Lipinski definition) is 2. The maximum Gasteiger partial charge on any atom is 0.0485 e. The molecule has 0 saturated carbocycles. The average Bonchev–Trinajstić information content (AvgIpc) is 2.63. The van der Waals surface area contributed by atoms with Gasteiger partial charge in [0.05, 0.1) is 0 Å². The molecule has 0 bridgehead atoms. The van der Waals surface area contributed by atoms with Gasteiger partial charge in [0.15, 0.2) is 0 Å². The van der Waals surface area contributed by atoms with Crippen LogP contribution in [0.1, 0.15) is 23.7 Å². The summed E-state index contributed by atoms with van der Waals surface area (Å²) in [4.78, 5) is 0. The molecule has 0 saturated heterocycles. The highest BCUT2D eigenvalue weighted by Gasteiger charge is 2.10. The van der Waals surface area contributed by atoms with Crippen LogP contribution < -0.4 is 5.73 Å². The van der Waals surface area contributed by atoms with E-state index in [9.17, 15) is 0 Å². The van der Waals surface area contributed by atoms with Crippen molar-refractivity contribution in [2.24, 2.45) is 5.73 Å². The van der Waals surface area contributed by atoms with Gasteiger partial charge in [-0.3, -0.25) is 0 Å². The number of aryl methyl sites for hydroxylation is 2. The van der Waals surface area contributed by atoms with E-state index in [0.29, 0.717) is 6.54 Å². The second kappa shape index (κ2) is 5.81. The number of nitrogens with zero attached hydrogens (tertiary/aromatic N) is 1. The van der Waals surface area contributed by atoms with Crippen LogP contribution in [-0.4, -0.2) is 16.1 Å². The first-order valence-corrected chi connectivity index (χ1v) is 7.70. The molecule has 1 heterocycles. The number of nitrogens with two attached hydrogens (primary N) is 1. The fraction of sp³-hybridized carbons (Fsp3) is 0.467. The van der Waals surface area contributed by atoms with Crippen LogP contribution in [-0.2, 0) is 13.1 Å². The normalized spacial score (nSPS) is 11.3. The molecule has 98 valence electrons. The van der Waals surface area contributed by atoms with E-state index in [0.717, 1.165) is 6.54 Å². The van der Waals surface area contributed by atoms with E-state index in [1.807, 2.05) is 11.8 Å². The van der Waals surface area contributed by atoms with Crippen molar-refractivity contribution in [3.63, 3.8) is 0 Å². The molecule has 1 aromatic carbocycles. The third-order valence-corrected chi connectivity index (χ3v) is 4.48. The van der Waals surface area contributed by atoms with Crippen LogP contribution in [0.5, 0.6) is 0 Å². The van der Waals surface area contributed by atoms with E-state index in [1.54, 1.807) is 0 Å². The van der Waals surface area contributed by atoms with Crippen molar-refractivity contribution in [1.29, 1.82) is 0 Å². The number of benzene rings is 1. The molecule has 2 nitrogen and oxygen atoms in total. The lowest BCUT2D eigenvalue weighted by Crippen LogP contribution is -2.03. The third kappa shape index (κ3) is 2.43. The highest BCUT2D eigenvalue weighted by atomic mass is 32.2. The molecular formula is C15H22N2S. The van der Waals surface area contributed by atoms with E-state index >= 15 is 0 Å². The van der Waals surface area contributed by atoms with Gasteiger partial charge in [0.1, 0.15) is 0 Å². The molecule has 0 unspecified atom stereocenters. The Bertz CT molecular complexity index is 543. The van der Waals surface area contributed by atoms with Gasteiger partial charge in [-0.05, 0) is 42.9 Å². The standard InChI is InChI=1S/C15H22N2S/c1-4-18-8-7-17-12(3)11(2)14-9-13(10-16)5-6-15(14)17/h5-6,9H,4,7-8,10,16H2,1-3H3. The maximum absolute atomic E-state index is 5.72. The summed E-state index contributed by atoms with van der Waals surface area (Å²) < 4.78 is 2.44. The minimum Gasteiger partial charge on any atom is -0.344 e. The molecule has 0 spiro atoms. The summed E-state index contributed by atoms with van der Waals surface area (Å²) in [6.07, 6.45) is 0. The number of rotatable bonds is 5. The predicted octanol–water partition coefficient (Wildman–Crippen LogP) is 3.47. The Morgan fingerprint density at radius 1 is 1.28 bits per heavy atom. The van der Waals surface area contributed by atoms with Crippen molar-refractivity contribution in [3.05, 3.63) is 35.0 Å². The number of aromatic nitrogens is 1. The summed E-state index contributed by atoms with van der Waals surface area (Å²) in [5, 5.41) is 1.36. The molecule has 1 aromatic heterocycles. The summed E-state index contributed by atoms with van der Waals surface area (Å²) in [6, 6.07) is 6.60. The van der Waals surface area contributed by atoms with Crippen LogP contribution in [0.2, 0.25) is 0 Å². The van der Waals surface area contributed by atoms with Gasteiger partial charge in [-0.25, -0.2) is 0 Å². The molecule has 0 aliphatic carbocycles. The van der Waals surface area contributed by atoms with E-state index in [1.165, 1.54) is 39.2 Å². The van der Waals surface area contributed by atoms with E-state index in [-0.39, 0.29) is 0 Å². The van der Waals surface area contributed by atoms with Gasteiger partial charge in [-0.15, -0.1) is 0 Å². The van der Waals surface area contributed by atoms with Crippen molar-refractivity contribution in [3.8, 4) is 0 Å². The largest absolute Gasteiger partial charge is 0.344 e. The average molecular weight is 262 g/mol. The molecule has 0 atom stereocenters. The van der Waals surface area contributed by atoms with Crippen molar-refractivity contribution >= 4 is 22.7 Å². The topological polar surface area (TPSA) is 30.9 Å². The Morgan fingerprint density at radius 3 is 2.72 bits per heavy atom. The Balaban J connectivity index is 2.43. The molecule has 0 fully saturated rings. The van der Waals surface area contributed by atoms with Gasteiger partial charge in [0.2, 0.25) is 0 Å². The van der Waals surface area contributed by atoms with Gasteiger partial charge in [0.25, 0.3) is 0 Å². The van der Waals surface area contributed by atoms with Crippen molar-refractivity contribution in [1.82, 2.24) is 4.57 Å². The van der Waals surface area contributed by atoms with Crippen molar-refractivity contribution < 1.29 is 0 Å². The van der Waals surface area contributed by atoms with Crippen LogP contribution in [0.4, 0.5) is 0 Å². The summed E-state index contributed by atoms with van der Waals surface area (Å²) in [6.45, 7) is 8.35. The van der Waals surface area contributed by atoms with Gasteiger partial charge in [-0.1, -0.05) is 13.0 Å². The predicted molar refractivity (Wildman–Crippen MR) is 82.3 cm³/mol. The van der Waals surface area contributed by atoms with Gasteiger partial charge >= 0.3 is 0 Å². The van der Waals surface area contributed by atoms with Crippen LogP contribution in [0, 0.1) is 13.8 Å². The minimum atomic E-state index is 0.616. The lowest BCUT2D eigenvalue weighted by atomic mass is 10.1. The number of hydrogen-bond donors (Lipinski definition) is 1. The van der Waals surface area contributed by atoms with Crippen molar-refractivity contribution in [2.75, 3.05) is 11.5 Å². The molecule has 2 N–H and O–H groups in total. The monoisotopic (exact) mass is 262 g/mol. The van der Waals surface area contributed by atoms with Crippen molar-refractivity contribution in [2.45, 2.75) is 33.9 Å². The second-order valence-corrected chi connectivity index (χ2v) is 6.01. The van der Waals surface area contributed by atoms with Gasteiger partial charge in [-0.2, -0.15) is 11.8 Å². The molecule has 0 aliphatic rings. The van der Waals surface area contributed by atoms with E-state index < -0.39 is 0 Å². The lowest BCUT2D eigenvalue weighted by Gasteiger charge is -2.08. The molecule has 2 aromatic rings. The number of thioether (sulfide) groups is 1. The van der Waals surface area contributed by atoms with Crippen LogP contribution in [0.3, 0.4) is 0 Å². The Kier molecular flexibility index (Phi) is 4.36. The van der Waals surface area contributed by atoms with Crippen LogP contribution >= 0.6 is 11.8 Å². The molecular weight excluding hydrogens is 240 g/mol. The molecule has 0 aliphatic heterocycles. The summed E-state index contributed by atoms with van der Waals surface area (Å²) in [7, 11) is 0. The van der Waals surface area contributed by atoms with E-state index in [4.69, 9.17) is 5.73 Å². The van der Waals surface area contributed by atoms with E-state index in [2.05, 4.69) is 43.5 Å². The van der Waals surface area contributed by atoms with Crippen LogP contribution in [0.15, 0.2) is 18.2 Å². The van der Waals surface area contributed by atoms with Gasteiger partial charge < -0.3 is 10.3 Å². The fourth-order valence-electron chi connectivity index (χ4n) is 2.41. The first kappa shape index (κ1) is 13.5. The molecule has 18 heavy (non-hydrogen) atoms. The highest BCUT2D eigenvalue weighted by molar-refractivity contribution is 7.99. The Hall–Kier alpha value is -0.930. The SMILES string of the molecule is CCSCCn1c(C)c(C)c2cc(CN)ccc21. The van der Waals surface area contributed by atoms with Gasteiger partial charge in [0, 0.05) is 35.4 Å². The first-order chi connectivity index (χ1) is 8.69. The lowest BCUT2D eigenvalue weighted by molar-refractivity contribution is 0.775. The Morgan fingerprint density at radius 2 is 2.06 bits per heavy atom. The molecule has 3 heteroatoms. The third-order valence-electron chi connectivity index (χ3n) is 3.60. The van der Waals surface area contributed by atoms with Crippen LogP contribution in [0.25, 0.3) is 10.9 Å². The zero-order chi connectivity index (χ0) is 13.1. The highest BCUT2D eigenvalue weighted by Crippen LogP contribution is 2.26. The smallest absolute Gasteiger partial charge is 0.0485 e. The fourth-order valence-corrected chi connectivity index (χ4v) is 3.01.